The molecule has 0 aliphatic carbocycles. The highest BCUT2D eigenvalue weighted by molar-refractivity contribution is 7.90. The molecule has 0 saturated heterocycles. The van der Waals surface area contributed by atoms with Crippen LogP contribution in [-0.2, 0) is 16.4 Å². The van der Waals surface area contributed by atoms with Crippen LogP contribution in [0.15, 0.2) is 57.8 Å². The molecule has 0 aromatic heterocycles. The van der Waals surface area contributed by atoms with Gasteiger partial charge in [0.25, 0.3) is 10.0 Å². The molecule has 0 spiro atoms. The molecular formula is C22H21FN2O3S. The Morgan fingerprint density at radius 2 is 1.72 bits per heavy atom. The average molecular weight is 412 g/mol. The number of sulfonamides is 1. The predicted octanol–water partition coefficient (Wildman–Crippen LogP) is 4.83. The Balaban J connectivity index is 1.96. The van der Waals surface area contributed by atoms with Crippen LogP contribution in [0.4, 0.5) is 10.1 Å². The highest BCUT2D eigenvalue weighted by Gasteiger charge is 2.30. The zero-order valence-corrected chi connectivity index (χ0v) is 16.9. The third kappa shape index (κ3) is 3.35. The number of benzene rings is 3. The van der Waals surface area contributed by atoms with Gasteiger partial charge >= 0.3 is 0 Å². The molecule has 0 saturated carbocycles. The van der Waals surface area contributed by atoms with Crippen molar-refractivity contribution in [3.63, 3.8) is 0 Å². The zero-order chi connectivity index (χ0) is 20.8. The predicted molar refractivity (Wildman–Crippen MR) is 113 cm³/mol. The van der Waals surface area contributed by atoms with E-state index in [9.17, 15) is 13.5 Å². The number of hydrogen-bond donors (Lipinski definition) is 2. The number of fused-ring (bicyclic) bond motifs is 2. The molecular weight excluding hydrogens is 391 g/mol. The maximum Gasteiger partial charge on any atom is 0.286 e. The van der Waals surface area contributed by atoms with Gasteiger partial charge in [-0.15, -0.1) is 4.40 Å². The fraction of sp³-hybridized carbons (Fsp3) is 0.227. The zero-order valence-electron chi connectivity index (χ0n) is 16.1. The molecule has 0 radical (unpaired) electrons. The number of para-hydroxylation sites is 1. The molecule has 3 aromatic carbocycles. The summed E-state index contributed by atoms with van der Waals surface area (Å²) in [6.07, 6.45) is 1.22. The number of anilines is 1. The molecule has 29 heavy (non-hydrogen) atoms. The van der Waals surface area contributed by atoms with Crippen molar-refractivity contribution in [2.75, 3.05) is 5.32 Å². The third-order valence-electron chi connectivity index (χ3n) is 5.07. The van der Waals surface area contributed by atoms with Crippen LogP contribution in [0, 0.1) is 11.7 Å². The smallest absolute Gasteiger partial charge is 0.286 e. The van der Waals surface area contributed by atoms with Crippen molar-refractivity contribution in [3.8, 4) is 5.75 Å². The van der Waals surface area contributed by atoms with Crippen molar-refractivity contribution >= 4 is 32.3 Å². The minimum Gasteiger partial charge on any atom is -0.506 e. The van der Waals surface area contributed by atoms with Crippen molar-refractivity contribution in [3.05, 3.63) is 65.5 Å². The van der Waals surface area contributed by atoms with E-state index in [1.807, 2.05) is 0 Å². The Bertz CT molecular complexity index is 1250. The normalized spacial score (nSPS) is 15.1. The van der Waals surface area contributed by atoms with E-state index in [-0.39, 0.29) is 22.0 Å². The molecule has 4 rings (SSSR count). The van der Waals surface area contributed by atoms with Gasteiger partial charge in [0.05, 0.1) is 11.3 Å². The molecule has 150 valence electrons. The van der Waals surface area contributed by atoms with Crippen LogP contribution in [-0.4, -0.2) is 19.4 Å². The number of rotatable bonds is 4. The van der Waals surface area contributed by atoms with E-state index in [1.54, 1.807) is 42.5 Å². The lowest BCUT2D eigenvalue weighted by atomic mass is 9.93. The molecule has 0 amide bonds. The van der Waals surface area contributed by atoms with Crippen LogP contribution in [0.2, 0.25) is 0 Å². The summed E-state index contributed by atoms with van der Waals surface area (Å²) in [5, 5.41) is 14.8. The van der Waals surface area contributed by atoms with E-state index in [0.29, 0.717) is 34.4 Å². The number of aryl methyl sites for hydroxylation is 1. The first-order valence-electron chi connectivity index (χ1n) is 9.43. The Morgan fingerprint density at radius 3 is 2.45 bits per heavy atom. The second-order valence-electron chi connectivity index (χ2n) is 7.53. The number of aromatic hydroxyl groups is 1. The van der Waals surface area contributed by atoms with Crippen molar-refractivity contribution in [2.24, 2.45) is 10.3 Å². The standard InChI is InChI=1S/C22H21FN2O3S/c1-13(2)11-12-15-14-7-3-4-8-16(14)21(26)19(20(15)23)22-24-17-9-5-6-10-18(17)29(27,28)25-22/h3-10,13,26H,11-12H2,1-2H3,(H,24,25). The van der Waals surface area contributed by atoms with Gasteiger partial charge in [0.2, 0.25) is 0 Å². The summed E-state index contributed by atoms with van der Waals surface area (Å²) in [5.41, 5.74) is 0.525. The quantitative estimate of drug-likeness (QED) is 0.643. The molecule has 7 heteroatoms. The number of halogens is 1. The monoisotopic (exact) mass is 412 g/mol. The van der Waals surface area contributed by atoms with E-state index in [0.717, 1.165) is 6.42 Å². The summed E-state index contributed by atoms with van der Waals surface area (Å²) < 4.78 is 44.6. The number of nitrogens with zero attached hydrogens (tertiary/aromatic N) is 1. The van der Waals surface area contributed by atoms with Crippen LogP contribution in [0.3, 0.4) is 0 Å². The molecule has 1 aliphatic rings. The first kappa shape index (κ1) is 19.4. The van der Waals surface area contributed by atoms with Crippen LogP contribution >= 0.6 is 0 Å². The van der Waals surface area contributed by atoms with Crippen molar-refractivity contribution in [1.29, 1.82) is 0 Å². The molecule has 0 atom stereocenters. The maximum absolute atomic E-state index is 15.7. The third-order valence-corrected chi connectivity index (χ3v) is 6.40. The Morgan fingerprint density at radius 1 is 1.07 bits per heavy atom. The number of nitrogens with one attached hydrogen (secondary N) is 1. The largest absolute Gasteiger partial charge is 0.506 e. The fourth-order valence-corrected chi connectivity index (χ4v) is 4.70. The van der Waals surface area contributed by atoms with Gasteiger partial charge in [0.15, 0.2) is 5.84 Å². The van der Waals surface area contributed by atoms with Crippen molar-refractivity contribution in [1.82, 2.24) is 0 Å². The maximum atomic E-state index is 15.7. The average Bonchev–Trinajstić information content (AvgIpc) is 2.67. The van der Waals surface area contributed by atoms with E-state index >= 15 is 4.39 Å². The summed E-state index contributed by atoms with van der Waals surface area (Å²) >= 11 is 0. The van der Waals surface area contributed by atoms with Crippen LogP contribution in [0.25, 0.3) is 10.8 Å². The molecule has 0 fully saturated rings. The van der Waals surface area contributed by atoms with Gasteiger partial charge < -0.3 is 10.4 Å². The number of hydrogen-bond acceptors (Lipinski definition) is 4. The Kier molecular flexibility index (Phi) is 4.78. The minimum absolute atomic E-state index is 0.0180. The van der Waals surface area contributed by atoms with Crippen LogP contribution < -0.4 is 5.32 Å². The Labute approximate surface area is 169 Å². The highest BCUT2D eigenvalue weighted by atomic mass is 32.2. The highest BCUT2D eigenvalue weighted by Crippen LogP contribution is 2.38. The lowest BCUT2D eigenvalue weighted by Gasteiger charge is -2.21. The molecule has 0 bridgehead atoms. The first-order valence-corrected chi connectivity index (χ1v) is 10.9. The first-order chi connectivity index (χ1) is 13.8. The molecule has 2 N–H and O–H groups in total. The van der Waals surface area contributed by atoms with E-state index in [4.69, 9.17) is 0 Å². The molecule has 3 aromatic rings. The second-order valence-corrected chi connectivity index (χ2v) is 9.10. The topological polar surface area (TPSA) is 78.8 Å². The van der Waals surface area contributed by atoms with Gasteiger partial charge in [-0.1, -0.05) is 50.2 Å². The van der Waals surface area contributed by atoms with E-state index < -0.39 is 15.8 Å². The van der Waals surface area contributed by atoms with Gasteiger partial charge in [-0.05, 0) is 41.8 Å². The number of phenolic OH excluding ortho intramolecular Hbond substituents is 1. The summed E-state index contributed by atoms with van der Waals surface area (Å²) in [7, 11) is -4.02. The molecule has 0 unspecified atom stereocenters. The molecule has 1 aliphatic heterocycles. The lowest BCUT2D eigenvalue weighted by Crippen LogP contribution is -2.24. The SMILES string of the molecule is CC(C)CCc1c(F)c(C2=NS(=O)(=O)c3ccccc3N2)c(O)c2ccccc12. The summed E-state index contributed by atoms with van der Waals surface area (Å²) in [6, 6.07) is 13.3. The second kappa shape index (κ2) is 7.15. The van der Waals surface area contributed by atoms with Gasteiger partial charge in [0, 0.05) is 5.39 Å². The fourth-order valence-electron chi connectivity index (χ4n) is 3.58. The van der Waals surface area contributed by atoms with Crippen LogP contribution in [0.5, 0.6) is 5.75 Å². The van der Waals surface area contributed by atoms with Gasteiger partial charge in [-0.25, -0.2) is 4.39 Å². The van der Waals surface area contributed by atoms with E-state index in [2.05, 4.69) is 23.6 Å². The summed E-state index contributed by atoms with van der Waals surface area (Å²) in [6.45, 7) is 4.11. The Hall–Kier alpha value is -2.93. The molecule has 5 nitrogen and oxygen atoms in total. The minimum atomic E-state index is -4.02. The number of amidine groups is 1. The van der Waals surface area contributed by atoms with E-state index in [1.165, 1.54) is 6.07 Å². The molecule has 1 heterocycles. The number of phenols is 1. The lowest BCUT2D eigenvalue weighted by molar-refractivity contribution is 0.472. The van der Waals surface area contributed by atoms with Crippen molar-refractivity contribution < 1.29 is 17.9 Å². The summed E-state index contributed by atoms with van der Waals surface area (Å²) in [4.78, 5) is 0.0180. The van der Waals surface area contributed by atoms with Gasteiger partial charge in [-0.2, -0.15) is 8.42 Å². The van der Waals surface area contributed by atoms with Crippen molar-refractivity contribution in [2.45, 2.75) is 31.6 Å². The van der Waals surface area contributed by atoms with Gasteiger partial charge in [0.1, 0.15) is 16.5 Å². The van der Waals surface area contributed by atoms with Crippen LogP contribution in [0.1, 0.15) is 31.4 Å². The van der Waals surface area contributed by atoms with Gasteiger partial charge in [-0.3, -0.25) is 0 Å². The summed E-state index contributed by atoms with van der Waals surface area (Å²) in [5.74, 6) is -0.826.